The molecule has 1 fully saturated rings. The second-order valence-corrected chi connectivity index (χ2v) is 7.98. The van der Waals surface area contributed by atoms with Crippen molar-refractivity contribution in [2.24, 2.45) is 10.9 Å². The summed E-state index contributed by atoms with van der Waals surface area (Å²) in [6.45, 7) is 10.6. The second-order valence-electron chi connectivity index (χ2n) is 7.98. The van der Waals surface area contributed by atoms with Gasteiger partial charge in [-0.25, -0.2) is 15.0 Å². The van der Waals surface area contributed by atoms with Gasteiger partial charge in [0.25, 0.3) is 0 Å². The van der Waals surface area contributed by atoms with Gasteiger partial charge in [-0.2, -0.15) is 0 Å². The van der Waals surface area contributed by atoms with E-state index in [-0.39, 0.29) is 30.1 Å². The summed E-state index contributed by atoms with van der Waals surface area (Å²) in [5.74, 6) is 2.96. The number of hydrogen-bond donors (Lipinski definition) is 1. The molecule has 1 unspecified atom stereocenters. The Bertz CT molecular complexity index is 811. The standard InChI is InChI=1S/C22H33N7O.HI/c1-17(2)14-18(3)30-20-15-19(6-9-24-20)16-27-21(23-4)28-10-12-29(13-11-28)22-25-7-5-8-26-22;/h5-9,15,17-18H,10-14,16H2,1-4H3,(H,23,27);1H. The SMILES string of the molecule is CN=C(NCc1ccnc(OC(C)CC(C)C)c1)N1CCN(c2ncccn2)CC1.I. The lowest BCUT2D eigenvalue weighted by Crippen LogP contribution is -2.52. The maximum absolute atomic E-state index is 5.97. The summed E-state index contributed by atoms with van der Waals surface area (Å²) in [4.78, 5) is 22.0. The third kappa shape index (κ3) is 7.79. The molecule has 0 amide bonds. The number of guanidine groups is 1. The first-order valence-corrected chi connectivity index (χ1v) is 10.6. The Labute approximate surface area is 202 Å². The van der Waals surface area contributed by atoms with E-state index in [1.807, 2.05) is 25.2 Å². The average Bonchev–Trinajstić information content (AvgIpc) is 2.75. The lowest BCUT2D eigenvalue weighted by Gasteiger charge is -2.36. The number of aliphatic imine (C=N–C) groups is 1. The van der Waals surface area contributed by atoms with Crippen LogP contribution in [-0.4, -0.2) is 65.1 Å². The Balaban J connectivity index is 0.00000341. The van der Waals surface area contributed by atoms with Gasteiger partial charge in [0.05, 0.1) is 6.10 Å². The van der Waals surface area contributed by atoms with Crippen molar-refractivity contribution in [3.63, 3.8) is 0 Å². The molecule has 1 aliphatic heterocycles. The predicted molar refractivity (Wildman–Crippen MR) is 135 cm³/mol. The zero-order chi connectivity index (χ0) is 21.3. The summed E-state index contributed by atoms with van der Waals surface area (Å²) in [5.41, 5.74) is 1.12. The van der Waals surface area contributed by atoms with Gasteiger partial charge in [0, 0.05) is 64.4 Å². The fourth-order valence-electron chi connectivity index (χ4n) is 3.63. The third-order valence-electron chi connectivity index (χ3n) is 5.00. The highest BCUT2D eigenvalue weighted by Gasteiger charge is 2.21. The van der Waals surface area contributed by atoms with Crippen LogP contribution < -0.4 is 15.0 Å². The van der Waals surface area contributed by atoms with E-state index in [9.17, 15) is 0 Å². The van der Waals surface area contributed by atoms with E-state index in [1.165, 1.54) is 0 Å². The van der Waals surface area contributed by atoms with E-state index in [2.05, 4.69) is 55.8 Å². The normalized spacial score (nSPS) is 15.5. The second kappa shape index (κ2) is 12.6. The van der Waals surface area contributed by atoms with E-state index in [0.29, 0.717) is 18.3 Å². The van der Waals surface area contributed by atoms with E-state index < -0.39 is 0 Å². The van der Waals surface area contributed by atoms with Crippen LogP contribution in [0.5, 0.6) is 5.88 Å². The van der Waals surface area contributed by atoms with Gasteiger partial charge in [0.1, 0.15) is 0 Å². The van der Waals surface area contributed by atoms with Crippen LogP contribution in [-0.2, 0) is 6.54 Å². The molecule has 0 radical (unpaired) electrons. The maximum atomic E-state index is 5.97. The Morgan fingerprint density at radius 2 is 1.81 bits per heavy atom. The molecule has 8 nitrogen and oxygen atoms in total. The van der Waals surface area contributed by atoms with E-state index in [1.54, 1.807) is 18.6 Å². The molecule has 0 aliphatic carbocycles. The van der Waals surface area contributed by atoms with E-state index in [4.69, 9.17) is 4.74 Å². The molecule has 2 aromatic rings. The van der Waals surface area contributed by atoms with Crippen molar-refractivity contribution in [2.75, 3.05) is 38.1 Å². The summed E-state index contributed by atoms with van der Waals surface area (Å²) in [5, 5.41) is 3.47. The van der Waals surface area contributed by atoms with Crippen LogP contribution in [0.1, 0.15) is 32.8 Å². The van der Waals surface area contributed by atoms with Crippen molar-refractivity contribution in [3.05, 3.63) is 42.4 Å². The van der Waals surface area contributed by atoms with Crippen molar-refractivity contribution in [2.45, 2.75) is 39.8 Å². The molecule has 0 saturated carbocycles. The zero-order valence-corrected chi connectivity index (χ0v) is 21.2. The maximum Gasteiger partial charge on any atom is 0.225 e. The van der Waals surface area contributed by atoms with Gasteiger partial charge in [0.2, 0.25) is 11.8 Å². The Kier molecular flexibility index (Phi) is 10.2. The van der Waals surface area contributed by atoms with Crippen molar-refractivity contribution in [3.8, 4) is 5.88 Å². The van der Waals surface area contributed by atoms with Crippen molar-refractivity contribution in [1.29, 1.82) is 0 Å². The zero-order valence-electron chi connectivity index (χ0n) is 18.9. The fraction of sp³-hybridized carbons (Fsp3) is 0.545. The van der Waals surface area contributed by atoms with Gasteiger partial charge in [-0.1, -0.05) is 13.8 Å². The molecule has 31 heavy (non-hydrogen) atoms. The minimum atomic E-state index is 0. The first kappa shape index (κ1) is 25.1. The fourth-order valence-corrected chi connectivity index (χ4v) is 3.63. The molecule has 3 heterocycles. The summed E-state index contributed by atoms with van der Waals surface area (Å²) >= 11 is 0. The van der Waals surface area contributed by atoms with Crippen molar-refractivity contribution < 1.29 is 4.74 Å². The Morgan fingerprint density at radius 3 is 2.45 bits per heavy atom. The van der Waals surface area contributed by atoms with Crippen LogP contribution in [0.3, 0.4) is 0 Å². The third-order valence-corrected chi connectivity index (χ3v) is 5.00. The number of halogens is 1. The van der Waals surface area contributed by atoms with Gasteiger partial charge in [-0.3, -0.25) is 4.99 Å². The van der Waals surface area contributed by atoms with Crippen LogP contribution in [0.4, 0.5) is 5.95 Å². The van der Waals surface area contributed by atoms with Gasteiger partial charge >= 0.3 is 0 Å². The molecule has 2 aromatic heterocycles. The number of anilines is 1. The molecule has 1 atom stereocenters. The van der Waals surface area contributed by atoms with Gasteiger partial charge in [0.15, 0.2) is 5.96 Å². The van der Waals surface area contributed by atoms with Gasteiger partial charge in [-0.05, 0) is 37.0 Å². The summed E-state index contributed by atoms with van der Waals surface area (Å²) in [7, 11) is 1.82. The van der Waals surface area contributed by atoms with Gasteiger partial charge in [-0.15, -0.1) is 24.0 Å². The smallest absolute Gasteiger partial charge is 0.225 e. The number of piperazine rings is 1. The van der Waals surface area contributed by atoms with Crippen molar-refractivity contribution in [1.82, 2.24) is 25.2 Å². The molecule has 1 N–H and O–H groups in total. The highest BCUT2D eigenvalue weighted by atomic mass is 127. The molecule has 0 spiro atoms. The number of hydrogen-bond acceptors (Lipinski definition) is 6. The number of rotatable bonds is 7. The molecule has 170 valence electrons. The van der Waals surface area contributed by atoms with Crippen LogP contribution in [0.25, 0.3) is 0 Å². The lowest BCUT2D eigenvalue weighted by molar-refractivity contribution is 0.185. The van der Waals surface area contributed by atoms with Crippen LogP contribution in [0, 0.1) is 5.92 Å². The van der Waals surface area contributed by atoms with Crippen molar-refractivity contribution >= 4 is 35.9 Å². The number of ether oxygens (including phenoxy) is 1. The topological polar surface area (TPSA) is 78.8 Å². The monoisotopic (exact) mass is 539 g/mol. The molecular formula is C22H34IN7O. The molecule has 1 aliphatic rings. The molecule has 3 rings (SSSR count). The first-order valence-electron chi connectivity index (χ1n) is 10.6. The average molecular weight is 539 g/mol. The predicted octanol–water partition coefficient (Wildman–Crippen LogP) is 3.20. The summed E-state index contributed by atoms with van der Waals surface area (Å²) < 4.78 is 5.97. The quantitative estimate of drug-likeness (QED) is 0.329. The largest absolute Gasteiger partial charge is 0.475 e. The number of nitrogens with zero attached hydrogens (tertiary/aromatic N) is 6. The Hall–Kier alpha value is -2.17. The van der Waals surface area contributed by atoms with E-state index in [0.717, 1.165) is 50.1 Å². The van der Waals surface area contributed by atoms with E-state index >= 15 is 0 Å². The van der Waals surface area contributed by atoms with Crippen LogP contribution in [0.15, 0.2) is 41.8 Å². The molecule has 0 aromatic carbocycles. The number of nitrogens with one attached hydrogen (secondary N) is 1. The first-order chi connectivity index (χ1) is 14.5. The van der Waals surface area contributed by atoms with Crippen LogP contribution in [0.2, 0.25) is 0 Å². The minimum absolute atomic E-state index is 0. The molecule has 1 saturated heterocycles. The molecular weight excluding hydrogens is 505 g/mol. The number of pyridine rings is 1. The summed E-state index contributed by atoms with van der Waals surface area (Å²) in [6, 6.07) is 5.85. The molecule has 9 heteroatoms. The minimum Gasteiger partial charge on any atom is -0.475 e. The summed E-state index contributed by atoms with van der Waals surface area (Å²) in [6.07, 6.45) is 6.53. The highest BCUT2D eigenvalue weighted by molar-refractivity contribution is 14.0. The number of aromatic nitrogens is 3. The lowest BCUT2D eigenvalue weighted by atomic mass is 10.1. The van der Waals surface area contributed by atoms with Crippen LogP contribution >= 0.6 is 24.0 Å². The highest BCUT2D eigenvalue weighted by Crippen LogP contribution is 2.15. The molecule has 0 bridgehead atoms. The van der Waals surface area contributed by atoms with Gasteiger partial charge < -0.3 is 19.9 Å². The Morgan fingerprint density at radius 1 is 1.10 bits per heavy atom.